The predicted molar refractivity (Wildman–Crippen MR) is 51.8 cm³/mol. The zero-order valence-corrected chi connectivity index (χ0v) is 8.58. The Kier molecular flexibility index (Phi) is 7.69. The Hall–Kier alpha value is -0.570. The van der Waals surface area contributed by atoms with Crippen molar-refractivity contribution in [3.05, 3.63) is 0 Å². The average molecular weight is 188 g/mol. The van der Waals surface area contributed by atoms with Gasteiger partial charge in [0.15, 0.2) is 0 Å². The summed E-state index contributed by atoms with van der Waals surface area (Å²) in [5.74, 6) is -0.844. The number of ether oxygens (including phenoxy) is 1. The van der Waals surface area contributed by atoms with Crippen molar-refractivity contribution in [2.45, 2.75) is 39.5 Å². The number of hydrogen-bond donors (Lipinski definition) is 1. The van der Waals surface area contributed by atoms with Crippen LogP contribution in [0.25, 0.3) is 0 Å². The summed E-state index contributed by atoms with van der Waals surface area (Å²) < 4.78 is 5.15. The molecule has 0 bridgehead atoms. The van der Waals surface area contributed by atoms with Crippen LogP contribution in [0.3, 0.4) is 0 Å². The predicted octanol–water partition coefficient (Wildman–Crippen LogP) is 2.30. The van der Waals surface area contributed by atoms with Crippen molar-refractivity contribution in [2.24, 2.45) is 5.92 Å². The van der Waals surface area contributed by atoms with E-state index in [9.17, 15) is 4.79 Å². The third kappa shape index (κ3) is 6.58. The SMILES string of the molecule is CCCC(CCCOCC)C(=O)O. The van der Waals surface area contributed by atoms with Gasteiger partial charge in [-0.15, -0.1) is 0 Å². The molecule has 0 radical (unpaired) electrons. The van der Waals surface area contributed by atoms with Crippen molar-refractivity contribution in [3.63, 3.8) is 0 Å². The fraction of sp³-hybridized carbons (Fsp3) is 0.900. The van der Waals surface area contributed by atoms with Crippen molar-refractivity contribution in [3.8, 4) is 0 Å². The molecule has 0 heterocycles. The summed E-state index contributed by atoms with van der Waals surface area (Å²) in [5.41, 5.74) is 0. The smallest absolute Gasteiger partial charge is 0.306 e. The lowest BCUT2D eigenvalue weighted by atomic mass is 9.98. The molecule has 0 aliphatic rings. The summed E-state index contributed by atoms with van der Waals surface area (Å²) in [4.78, 5) is 10.7. The molecule has 78 valence electrons. The number of carbonyl (C=O) groups is 1. The van der Waals surface area contributed by atoms with Crippen LogP contribution in [0.5, 0.6) is 0 Å². The van der Waals surface area contributed by atoms with Crippen LogP contribution < -0.4 is 0 Å². The minimum atomic E-state index is -0.668. The molecule has 0 aromatic carbocycles. The highest BCUT2D eigenvalue weighted by molar-refractivity contribution is 5.69. The van der Waals surface area contributed by atoms with Gasteiger partial charge in [0, 0.05) is 13.2 Å². The van der Waals surface area contributed by atoms with Crippen LogP contribution in [0, 0.1) is 5.92 Å². The molecule has 0 amide bonds. The highest BCUT2D eigenvalue weighted by atomic mass is 16.5. The van der Waals surface area contributed by atoms with E-state index in [2.05, 4.69) is 0 Å². The zero-order valence-electron chi connectivity index (χ0n) is 8.58. The first-order valence-electron chi connectivity index (χ1n) is 5.02. The van der Waals surface area contributed by atoms with Crippen LogP contribution in [0.2, 0.25) is 0 Å². The Morgan fingerprint density at radius 1 is 1.38 bits per heavy atom. The standard InChI is InChI=1S/C10H20O3/c1-3-6-9(10(11)12)7-5-8-13-4-2/h9H,3-8H2,1-2H3,(H,11,12). The Labute approximate surface area is 80.1 Å². The van der Waals surface area contributed by atoms with Crippen LogP contribution in [0.4, 0.5) is 0 Å². The topological polar surface area (TPSA) is 46.5 Å². The highest BCUT2D eigenvalue weighted by Crippen LogP contribution is 2.13. The number of aliphatic carboxylic acids is 1. The van der Waals surface area contributed by atoms with Crippen LogP contribution in [-0.4, -0.2) is 24.3 Å². The van der Waals surface area contributed by atoms with Gasteiger partial charge in [-0.1, -0.05) is 13.3 Å². The quantitative estimate of drug-likeness (QED) is 0.594. The third-order valence-corrected chi connectivity index (χ3v) is 2.03. The van der Waals surface area contributed by atoms with Crippen molar-refractivity contribution < 1.29 is 14.6 Å². The summed E-state index contributed by atoms with van der Waals surface area (Å²) in [5, 5.41) is 8.82. The fourth-order valence-corrected chi connectivity index (χ4v) is 1.32. The molecule has 0 aromatic rings. The number of carboxylic acid groups (broad SMARTS) is 1. The van der Waals surface area contributed by atoms with E-state index in [4.69, 9.17) is 9.84 Å². The van der Waals surface area contributed by atoms with Gasteiger partial charge in [0.2, 0.25) is 0 Å². The molecule has 3 heteroatoms. The first kappa shape index (κ1) is 12.4. The molecule has 0 rings (SSSR count). The second-order valence-corrected chi connectivity index (χ2v) is 3.16. The van der Waals surface area contributed by atoms with Gasteiger partial charge in [-0.05, 0) is 26.2 Å². The molecule has 0 saturated carbocycles. The normalized spacial score (nSPS) is 12.8. The van der Waals surface area contributed by atoms with E-state index < -0.39 is 5.97 Å². The second kappa shape index (κ2) is 8.05. The maximum absolute atomic E-state index is 10.7. The van der Waals surface area contributed by atoms with Gasteiger partial charge in [-0.2, -0.15) is 0 Å². The van der Waals surface area contributed by atoms with E-state index in [1.807, 2.05) is 13.8 Å². The molecular weight excluding hydrogens is 168 g/mol. The Bertz CT molecular complexity index is 134. The lowest BCUT2D eigenvalue weighted by Crippen LogP contribution is -2.14. The maximum Gasteiger partial charge on any atom is 0.306 e. The number of hydrogen-bond acceptors (Lipinski definition) is 2. The van der Waals surface area contributed by atoms with E-state index in [1.54, 1.807) is 0 Å². The van der Waals surface area contributed by atoms with Gasteiger partial charge in [0.25, 0.3) is 0 Å². The van der Waals surface area contributed by atoms with Gasteiger partial charge in [-0.3, -0.25) is 4.79 Å². The van der Waals surface area contributed by atoms with Gasteiger partial charge < -0.3 is 9.84 Å². The van der Waals surface area contributed by atoms with Crippen molar-refractivity contribution >= 4 is 5.97 Å². The van der Waals surface area contributed by atoms with E-state index in [1.165, 1.54) is 0 Å². The van der Waals surface area contributed by atoms with Gasteiger partial charge in [0.1, 0.15) is 0 Å². The Morgan fingerprint density at radius 2 is 2.08 bits per heavy atom. The first-order valence-corrected chi connectivity index (χ1v) is 5.02. The van der Waals surface area contributed by atoms with Gasteiger partial charge in [-0.25, -0.2) is 0 Å². The largest absolute Gasteiger partial charge is 0.481 e. The van der Waals surface area contributed by atoms with Crippen LogP contribution in [-0.2, 0) is 9.53 Å². The molecule has 13 heavy (non-hydrogen) atoms. The second-order valence-electron chi connectivity index (χ2n) is 3.16. The Morgan fingerprint density at radius 3 is 2.54 bits per heavy atom. The molecule has 0 aromatic heterocycles. The average Bonchev–Trinajstić information content (AvgIpc) is 2.10. The number of rotatable bonds is 8. The molecule has 0 fully saturated rings. The van der Waals surface area contributed by atoms with Gasteiger partial charge in [0.05, 0.1) is 5.92 Å². The molecular formula is C10H20O3. The van der Waals surface area contributed by atoms with E-state index in [-0.39, 0.29) is 5.92 Å². The molecule has 3 nitrogen and oxygen atoms in total. The summed E-state index contributed by atoms with van der Waals surface area (Å²) in [6.07, 6.45) is 3.31. The minimum Gasteiger partial charge on any atom is -0.481 e. The molecule has 0 aliphatic heterocycles. The van der Waals surface area contributed by atoms with Crippen molar-refractivity contribution in [1.82, 2.24) is 0 Å². The van der Waals surface area contributed by atoms with Gasteiger partial charge >= 0.3 is 5.97 Å². The molecule has 0 aliphatic carbocycles. The monoisotopic (exact) mass is 188 g/mol. The summed E-state index contributed by atoms with van der Waals surface area (Å²) >= 11 is 0. The summed E-state index contributed by atoms with van der Waals surface area (Å²) in [6.45, 7) is 5.36. The number of carboxylic acids is 1. The van der Waals surface area contributed by atoms with E-state index in [0.717, 1.165) is 25.7 Å². The van der Waals surface area contributed by atoms with E-state index in [0.29, 0.717) is 13.2 Å². The lowest BCUT2D eigenvalue weighted by molar-refractivity contribution is -0.142. The molecule has 1 N–H and O–H groups in total. The third-order valence-electron chi connectivity index (χ3n) is 2.03. The van der Waals surface area contributed by atoms with Crippen molar-refractivity contribution in [1.29, 1.82) is 0 Å². The van der Waals surface area contributed by atoms with Crippen LogP contribution >= 0.6 is 0 Å². The molecule has 0 spiro atoms. The molecule has 1 atom stereocenters. The van der Waals surface area contributed by atoms with Crippen LogP contribution in [0.1, 0.15) is 39.5 Å². The first-order chi connectivity index (χ1) is 6.22. The van der Waals surface area contributed by atoms with E-state index >= 15 is 0 Å². The maximum atomic E-state index is 10.7. The van der Waals surface area contributed by atoms with Crippen LogP contribution in [0.15, 0.2) is 0 Å². The summed E-state index contributed by atoms with van der Waals surface area (Å²) in [6, 6.07) is 0. The summed E-state index contributed by atoms with van der Waals surface area (Å²) in [7, 11) is 0. The zero-order chi connectivity index (χ0) is 10.1. The lowest BCUT2D eigenvalue weighted by Gasteiger charge is -2.10. The van der Waals surface area contributed by atoms with Crippen molar-refractivity contribution in [2.75, 3.05) is 13.2 Å². The molecule has 1 unspecified atom stereocenters. The highest BCUT2D eigenvalue weighted by Gasteiger charge is 2.15. The Balaban J connectivity index is 3.51. The minimum absolute atomic E-state index is 0.176. The fourth-order valence-electron chi connectivity index (χ4n) is 1.32. The molecule has 0 saturated heterocycles.